The third kappa shape index (κ3) is 2.54. The number of Topliss-reactive ketones (excluding diaryl/α,β-unsaturated/α-hetero) is 4. The molecule has 0 radical (unpaired) electrons. The lowest BCUT2D eigenvalue weighted by Crippen LogP contribution is -2.61. The first-order valence-corrected chi connectivity index (χ1v) is 5.62. The molecular formula is C12H20N2O4. The highest BCUT2D eigenvalue weighted by Gasteiger charge is 2.55. The standard InChI is InChI=1S/C12H20N2O4/c1-6(15)11(7(2)16)12(8(3)17,9(4)18)10(14)5-13/h10-11H,5,13-14H2,1-4H3. The van der Waals surface area contributed by atoms with Crippen molar-refractivity contribution >= 4 is 23.1 Å². The van der Waals surface area contributed by atoms with Gasteiger partial charge in [0.15, 0.2) is 0 Å². The van der Waals surface area contributed by atoms with E-state index >= 15 is 0 Å². The Balaban J connectivity index is 6.15. The molecule has 18 heavy (non-hydrogen) atoms. The molecule has 0 aromatic carbocycles. The van der Waals surface area contributed by atoms with Crippen molar-refractivity contribution in [2.24, 2.45) is 22.8 Å². The molecule has 0 spiro atoms. The van der Waals surface area contributed by atoms with Gasteiger partial charge >= 0.3 is 0 Å². The molecule has 1 atom stereocenters. The van der Waals surface area contributed by atoms with Crippen LogP contribution in [0.5, 0.6) is 0 Å². The van der Waals surface area contributed by atoms with Crippen LogP contribution in [-0.4, -0.2) is 35.7 Å². The molecule has 0 saturated heterocycles. The monoisotopic (exact) mass is 256 g/mol. The van der Waals surface area contributed by atoms with E-state index in [0.29, 0.717) is 0 Å². The first kappa shape index (κ1) is 16.6. The van der Waals surface area contributed by atoms with E-state index in [1.807, 2.05) is 0 Å². The molecule has 0 aromatic heterocycles. The van der Waals surface area contributed by atoms with Crippen LogP contribution in [0.1, 0.15) is 27.7 Å². The van der Waals surface area contributed by atoms with Gasteiger partial charge in [0.2, 0.25) is 0 Å². The fraction of sp³-hybridized carbons (Fsp3) is 0.667. The molecule has 0 fully saturated rings. The third-order valence-corrected chi connectivity index (χ3v) is 3.27. The highest BCUT2D eigenvalue weighted by molar-refractivity contribution is 6.16. The predicted octanol–water partition coefficient (Wildman–Crippen LogP) is -0.769. The summed E-state index contributed by atoms with van der Waals surface area (Å²) in [5.41, 5.74) is 9.32. The Labute approximate surface area is 106 Å². The van der Waals surface area contributed by atoms with E-state index in [-0.39, 0.29) is 6.54 Å². The van der Waals surface area contributed by atoms with Crippen LogP contribution in [0.15, 0.2) is 0 Å². The average Bonchev–Trinajstić information content (AvgIpc) is 2.21. The number of rotatable bonds is 7. The fourth-order valence-electron chi connectivity index (χ4n) is 2.50. The average molecular weight is 256 g/mol. The van der Waals surface area contributed by atoms with Crippen molar-refractivity contribution in [2.45, 2.75) is 33.7 Å². The highest BCUT2D eigenvalue weighted by Crippen LogP contribution is 2.35. The summed E-state index contributed by atoms with van der Waals surface area (Å²) in [6, 6.07) is -1.06. The van der Waals surface area contributed by atoms with E-state index in [4.69, 9.17) is 11.5 Å². The van der Waals surface area contributed by atoms with Crippen LogP contribution < -0.4 is 11.5 Å². The minimum absolute atomic E-state index is 0.170. The van der Waals surface area contributed by atoms with Gasteiger partial charge in [-0.05, 0) is 27.7 Å². The summed E-state index contributed by atoms with van der Waals surface area (Å²) in [5, 5.41) is 0. The van der Waals surface area contributed by atoms with Crippen LogP contribution in [0.3, 0.4) is 0 Å². The van der Waals surface area contributed by atoms with Crippen molar-refractivity contribution in [3.8, 4) is 0 Å². The molecule has 0 heterocycles. The van der Waals surface area contributed by atoms with Gasteiger partial charge in [0.1, 0.15) is 28.5 Å². The maximum absolute atomic E-state index is 11.9. The van der Waals surface area contributed by atoms with E-state index in [0.717, 1.165) is 27.7 Å². The molecule has 0 rings (SSSR count). The minimum atomic E-state index is -1.85. The largest absolute Gasteiger partial charge is 0.329 e. The van der Waals surface area contributed by atoms with Gasteiger partial charge in [-0.2, -0.15) is 0 Å². The molecule has 0 aromatic rings. The zero-order valence-corrected chi connectivity index (χ0v) is 11.1. The van der Waals surface area contributed by atoms with Gasteiger partial charge < -0.3 is 11.5 Å². The Morgan fingerprint density at radius 1 is 0.944 bits per heavy atom. The predicted molar refractivity (Wildman–Crippen MR) is 65.7 cm³/mol. The van der Waals surface area contributed by atoms with E-state index in [9.17, 15) is 19.2 Å². The van der Waals surface area contributed by atoms with E-state index < -0.39 is 40.5 Å². The molecule has 0 bridgehead atoms. The summed E-state index contributed by atoms with van der Waals surface area (Å²) >= 11 is 0. The fourth-order valence-corrected chi connectivity index (χ4v) is 2.50. The molecule has 102 valence electrons. The Morgan fingerprint density at radius 2 is 1.28 bits per heavy atom. The summed E-state index contributed by atoms with van der Waals surface area (Å²) in [6.45, 7) is 4.45. The molecule has 6 heteroatoms. The summed E-state index contributed by atoms with van der Waals surface area (Å²) in [5.74, 6) is -3.70. The second-order valence-corrected chi connectivity index (χ2v) is 4.48. The Morgan fingerprint density at radius 3 is 1.44 bits per heavy atom. The number of hydrogen-bond acceptors (Lipinski definition) is 6. The maximum Gasteiger partial charge on any atom is 0.146 e. The van der Waals surface area contributed by atoms with Crippen molar-refractivity contribution in [1.29, 1.82) is 0 Å². The smallest absolute Gasteiger partial charge is 0.146 e. The topological polar surface area (TPSA) is 120 Å². The molecular weight excluding hydrogens is 236 g/mol. The summed E-state index contributed by atoms with van der Waals surface area (Å²) in [6.07, 6.45) is 0. The van der Waals surface area contributed by atoms with Gasteiger partial charge in [-0.25, -0.2) is 0 Å². The summed E-state index contributed by atoms with van der Waals surface area (Å²) in [4.78, 5) is 47.1. The van der Waals surface area contributed by atoms with Crippen molar-refractivity contribution in [2.75, 3.05) is 6.54 Å². The van der Waals surface area contributed by atoms with Gasteiger partial charge in [-0.1, -0.05) is 0 Å². The number of nitrogens with two attached hydrogens (primary N) is 2. The van der Waals surface area contributed by atoms with Crippen LogP contribution in [0, 0.1) is 11.3 Å². The van der Waals surface area contributed by atoms with Gasteiger partial charge in [-0.3, -0.25) is 19.2 Å². The van der Waals surface area contributed by atoms with Gasteiger partial charge in [0, 0.05) is 12.6 Å². The summed E-state index contributed by atoms with van der Waals surface area (Å²) in [7, 11) is 0. The molecule has 0 amide bonds. The zero-order chi connectivity index (χ0) is 14.7. The Bertz CT molecular complexity index is 362. The van der Waals surface area contributed by atoms with E-state index in [2.05, 4.69) is 0 Å². The lowest BCUT2D eigenvalue weighted by molar-refractivity contribution is -0.154. The van der Waals surface area contributed by atoms with Gasteiger partial charge in [0.25, 0.3) is 0 Å². The van der Waals surface area contributed by atoms with Crippen LogP contribution in [-0.2, 0) is 19.2 Å². The number of carbonyl (C=O) groups excluding carboxylic acids is 4. The summed E-state index contributed by atoms with van der Waals surface area (Å²) < 4.78 is 0. The van der Waals surface area contributed by atoms with E-state index in [1.165, 1.54) is 0 Å². The molecule has 0 aliphatic carbocycles. The highest BCUT2D eigenvalue weighted by atomic mass is 16.2. The second-order valence-electron chi connectivity index (χ2n) is 4.48. The van der Waals surface area contributed by atoms with Crippen molar-refractivity contribution in [3.05, 3.63) is 0 Å². The molecule has 0 saturated carbocycles. The van der Waals surface area contributed by atoms with Crippen LogP contribution >= 0.6 is 0 Å². The Kier molecular flexibility index (Phi) is 5.51. The molecule has 6 nitrogen and oxygen atoms in total. The van der Waals surface area contributed by atoms with Crippen molar-refractivity contribution in [3.63, 3.8) is 0 Å². The van der Waals surface area contributed by atoms with Crippen LogP contribution in [0.2, 0.25) is 0 Å². The van der Waals surface area contributed by atoms with Crippen LogP contribution in [0.25, 0.3) is 0 Å². The quantitative estimate of drug-likeness (QED) is 0.577. The van der Waals surface area contributed by atoms with Crippen molar-refractivity contribution < 1.29 is 19.2 Å². The molecule has 1 unspecified atom stereocenters. The van der Waals surface area contributed by atoms with E-state index in [1.54, 1.807) is 0 Å². The molecule has 0 aliphatic rings. The number of ketones is 4. The lowest BCUT2D eigenvalue weighted by atomic mass is 9.62. The lowest BCUT2D eigenvalue weighted by Gasteiger charge is -2.38. The van der Waals surface area contributed by atoms with Crippen molar-refractivity contribution in [1.82, 2.24) is 0 Å². The van der Waals surface area contributed by atoms with Gasteiger partial charge in [0.05, 0.1) is 5.92 Å². The third-order valence-electron chi connectivity index (χ3n) is 3.27. The number of hydrogen-bond donors (Lipinski definition) is 2. The normalized spacial score (nSPS) is 13.3. The Hall–Kier alpha value is -1.40. The minimum Gasteiger partial charge on any atom is -0.329 e. The first-order chi connectivity index (χ1) is 8.13. The molecule has 4 N–H and O–H groups in total. The van der Waals surface area contributed by atoms with Crippen LogP contribution in [0.4, 0.5) is 0 Å². The zero-order valence-electron chi connectivity index (χ0n) is 11.1. The second kappa shape index (κ2) is 5.97. The SMILES string of the molecule is CC(=O)C(C(C)=O)C(C(C)=O)(C(C)=O)C(N)CN. The maximum atomic E-state index is 11.9. The first-order valence-electron chi connectivity index (χ1n) is 5.62. The molecule has 0 aliphatic heterocycles. The number of carbonyl (C=O) groups is 4. The van der Waals surface area contributed by atoms with Gasteiger partial charge in [-0.15, -0.1) is 0 Å².